The molecule has 1 atom stereocenters. The standard InChI is InChI=1S/C20H19F3N4O2/c21-20(22,23)19(29)27-12-16-5-1-13(2-6-16)9-17(25)18(28)26-11-15-7-3-14(10-24)4-8-15/h1-8,17H,9,11-12,25H2,(H,26,28)(H,27,29)/t17-/m0/s1. The molecule has 4 N–H and O–H groups in total. The SMILES string of the molecule is N#Cc1ccc(CNC(=O)[C@@H](N)Cc2ccc(CNC(=O)C(F)(F)F)cc2)cc1. The van der Waals surface area contributed by atoms with Crippen molar-refractivity contribution in [1.29, 1.82) is 5.26 Å². The van der Waals surface area contributed by atoms with Crippen LogP contribution >= 0.6 is 0 Å². The molecular weight excluding hydrogens is 385 g/mol. The highest BCUT2D eigenvalue weighted by atomic mass is 19.4. The average molecular weight is 404 g/mol. The van der Waals surface area contributed by atoms with Gasteiger partial charge in [-0.3, -0.25) is 9.59 Å². The quantitative estimate of drug-likeness (QED) is 0.655. The lowest BCUT2D eigenvalue weighted by Gasteiger charge is -2.13. The van der Waals surface area contributed by atoms with Gasteiger partial charge in [0.15, 0.2) is 0 Å². The molecule has 29 heavy (non-hydrogen) atoms. The highest BCUT2D eigenvalue weighted by molar-refractivity contribution is 5.82. The predicted molar refractivity (Wildman–Crippen MR) is 99.0 cm³/mol. The lowest BCUT2D eigenvalue weighted by molar-refractivity contribution is -0.173. The first-order valence-electron chi connectivity index (χ1n) is 8.64. The topological polar surface area (TPSA) is 108 Å². The summed E-state index contributed by atoms with van der Waals surface area (Å²) in [4.78, 5) is 22.9. The maximum Gasteiger partial charge on any atom is 0.471 e. The van der Waals surface area contributed by atoms with Crippen molar-refractivity contribution in [3.05, 3.63) is 70.8 Å². The molecule has 152 valence electrons. The van der Waals surface area contributed by atoms with Crippen LogP contribution in [0.15, 0.2) is 48.5 Å². The minimum Gasteiger partial charge on any atom is -0.351 e. The average Bonchev–Trinajstić information content (AvgIpc) is 2.70. The van der Waals surface area contributed by atoms with Crippen LogP contribution in [0, 0.1) is 11.3 Å². The van der Waals surface area contributed by atoms with Gasteiger partial charge in [-0.2, -0.15) is 18.4 Å². The van der Waals surface area contributed by atoms with Gasteiger partial charge in [-0.25, -0.2) is 0 Å². The fraction of sp³-hybridized carbons (Fsp3) is 0.250. The van der Waals surface area contributed by atoms with E-state index in [1.54, 1.807) is 53.8 Å². The van der Waals surface area contributed by atoms with Crippen molar-refractivity contribution in [2.45, 2.75) is 31.7 Å². The molecule has 0 saturated carbocycles. The van der Waals surface area contributed by atoms with Crippen LogP contribution < -0.4 is 16.4 Å². The molecule has 0 aromatic heterocycles. The summed E-state index contributed by atoms with van der Waals surface area (Å²) in [7, 11) is 0. The van der Waals surface area contributed by atoms with Gasteiger partial charge in [-0.05, 0) is 35.2 Å². The molecule has 2 aromatic carbocycles. The van der Waals surface area contributed by atoms with E-state index in [0.717, 1.165) is 11.1 Å². The zero-order chi connectivity index (χ0) is 21.4. The summed E-state index contributed by atoms with van der Waals surface area (Å²) in [6, 6.07) is 14.4. The maximum absolute atomic E-state index is 12.2. The monoisotopic (exact) mass is 404 g/mol. The Kier molecular flexibility index (Phi) is 7.33. The highest BCUT2D eigenvalue weighted by Gasteiger charge is 2.38. The number of alkyl halides is 3. The van der Waals surface area contributed by atoms with Crippen molar-refractivity contribution in [2.24, 2.45) is 5.73 Å². The van der Waals surface area contributed by atoms with E-state index in [0.29, 0.717) is 11.1 Å². The predicted octanol–water partition coefficient (Wildman–Crippen LogP) is 1.92. The van der Waals surface area contributed by atoms with E-state index in [-0.39, 0.29) is 25.4 Å². The lowest BCUT2D eigenvalue weighted by Crippen LogP contribution is -2.41. The van der Waals surface area contributed by atoms with Crippen molar-refractivity contribution in [3.63, 3.8) is 0 Å². The van der Waals surface area contributed by atoms with E-state index in [4.69, 9.17) is 11.0 Å². The summed E-state index contributed by atoms with van der Waals surface area (Å²) in [6.07, 6.45) is -4.67. The lowest BCUT2D eigenvalue weighted by atomic mass is 10.0. The van der Waals surface area contributed by atoms with E-state index in [1.807, 2.05) is 6.07 Å². The van der Waals surface area contributed by atoms with Crippen LogP contribution in [0.4, 0.5) is 13.2 Å². The summed E-state index contributed by atoms with van der Waals surface area (Å²) in [6.45, 7) is 0.0197. The second kappa shape index (κ2) is 9.71. The number of nitrogens with two attached hydrogens (primary N) is 1. The Hall–Kier alpha value is -3.38. The number of hydrogen-bond acceptors (Lipinski definition) is 4. The number of carbonyl (C=O) groups is 2. The zero-order valence-corrected chi connectivity index (χ0v) is 15.3. The number of nitriles is 1. The van der Waals surface area contributed by atoms with Crippen LogP contribution in [0.2, 0.25) is 0 Å². The van der Waals surface area contributed by atoms with Crippen LogP contribution in [-0.2, 0) is 29.1 Å². The third-order valence-corrected chi connectivity index (χ3v) is 4.08. The second-order valence-electron chi connectivity index (χ2n) is 6.33. The number of benzene rings is 2. The van der Waals surface area contributed by atoms with Gasteiger partial charge in [0, 0.05) is 13.1 Å². The van der Waals surface area contributed by atoms with Crippen molar-refractivity contribution >= 4 is 11.8 Å². The minimum atomic E-state index is -4.92. The van der Waals surface area contributed by atoms with Crippen LogP contribution in [0.5, 0.6) is 0 Å². The summed E-state index contributed by atoms with van der Waals surface area (Å²) in [5.41, 5.74) is 8.49. The fourth-order valence-electron chi connectivity index (χ4n) is 2.44. The molecule has 0 radical (unpaired) electrons. The normalized spacial score (nSPS) is 12.0. The maximum atomic E-state index is 12.2. The fourth-order valence-corrected chi connectivity index (χ4v) is 2.44. The number of nitrogens with one attached hydrogen (secondary N) is 2. The summed E-state index contributed by atoms with van der Waals surface area (Å²) in [5, 5.41) is 13.3. The van der Waals surface area contributed by atoms with Gasteiger partial charge in [0.1, 0.15) is 0 Å². The number of nitrogens with zero attached hydrogens (tertiary/aromatic N) is 1. The van der Waals surface area contributed by atoms with Gasteiger partial charge in [-0.1, -0.05) is 36.4 Å². The number of rotatable bonds is 7. The molecule has 0 saturated heterocycles. The van der Waals surface area contributed by atoms with Crippen molar-refractivity contribution in [1.82, 2.24) is 10.6 Å². The zero-order valence-electron chi connectivity index (χ0n) is 15.3. The first kappa shape index (κ1) is 21.9. The van der Waals surface area contributed by atoms with Crippen molar-refractivity contribution in [2.75, 3.05) is 0 Å². The number of carbonyl (C=O) groups excluding carboxylic acids is 2. The summed E-state index contributed by atoms with van der Waals surface area (Å²) in [5.74, 6) is -2.35. The van der Waals surface area contributed by atoms with Crippen LogP contribution in [0.25, 0.3) is 0 Å². The van der Waals surface area contributed by atoms with Gasteiger partial charge < -0.3 is 16.4 Å². The number of hydrogen-bond donors (Lipinski definition) is 3. The first-order chi connectivity index (χ1) is 13.7. The number of amides is 2. The van der Waals surface area contributed by atoms with E-state index in [2.05, 4.69) is 5.32 Å². The highest BCUT2D eigenvalue weighted by Crippen LogP contribution is 2.15. The molecule has 0 spiro atoms. The molecule has 0 bridgehead atoms. The van der Waals surface area contributed by atoms with Crippen LogP contribution in [0.1, 0.15) is 22.3 Å². The van der Waals surface area contributed by atoms with E-state index in [9.17, 15) is 22.8 Å². The Morgan fingerprint density at radius 1 is 0.931 bits per heavy atom. The van der Waals surface area contributed by atoms with Gasteiger partial charge in [-0.15, -0.1) is 0 Å². The van der Waals surface area contributed by atoms with Crippen molar-refractivity contribution < 1.29 is 22.8 Å². The van der Waals surface area contributed by atoms with E-state index < -0.39 is 18.1 Å². The number of halogens is 3. The Morgan fingerprint density at radius 2 is 1.41 bits per heavy atom. The molecular formula is C20H19F3N4O2. The Bertz CT molecular complexity index is 888. The molecule has 2 rings (SSSR count). The van der Waals surface area contributed by atoms with Crippen molar-refractivity contribution in [3.8, 4) is 6.07 Å². The second-order valence-corrected chi connectivity index (χ2v) is 6.33. The third kappa shape index (κ3) is 6.93. The minimum absolute atomic E-state index is 0.244. The molecule has 0 aliphatic rings. The molecule has 0 aliphatic carbocycles. The van der Waals surface area contributed by atoms with Crippen LogP contribution in [0.3, 0.4) is 0 Å². The van der Waals surface area contributed by atoms with E-state index >= 15 is 0 Å². The molecule has 0 heterocycles. The third-order valence-electron chi connectivity index (χ3n) is 4.08. The largest absolute Gasteiger partial charge is 0.471 e. The summed E-state index contributed by atoms with van der Waals surface area (Å²) >= 11 is 0. The van der Waals surface area contributed by atoms with E-state index in [1.165, 1.54) is 0 Å². The smallest absolute Gasteiger partial charge is 0.351 e. The molecule has 0 unspecified atom stereocenters. The Balaban J connectivity index is 1.81. The first-order valence-corrected chi connectivity index (χ1v) is 8.64. The Labute approximate surface area is 165 Å². The summed E-state index contributed by atoms with van der Waals surface area (Å²) < 4.78 is 36.5. The Morgan fingerprint density at radius 3 is 1.93 bits per heavy atom. The molecule has 9 heteroatoms. The molecule has 0 fully saturated rings. The van der Waals surface area contributed by atoms with Gasteiger partial charge >= 0.3 is 12.1 Å². The molecule has 0 aliphatic heterocycles. The van der Waals surface area contributed by atoms with Gasteiger partial charge in [0.05, 0.1) is 17.7 Å². The van der Waals surface area contributed by atoms with Crippen LogP contribution in [-0.4, -0.2) is 24.0 Å². The molecule has 2 amide bonds. The molecule has 6 nitrogen and oxygen atoms in total. The van der Waals surface area contributed by atoms with Gasteiger partial charge in [0.25, 0.3) is 0 Å². The van der Waals surface area contributed by atoms with Gasteiger partial charge in [0.2, 0.25) is 5.91 Å². The molecule has 2 aromatic rings.